The van der Waals surface area contributed by atoms with E-state index in [-0.39, 0.29) is 11.4 Å². The molecule has 2 fully saturated rings. The first-order valence-corrected chi connectivity index (χ1v) is 7.58. The quantitative estimate of drug-likeness (QED) is 0.801. The number of fused-ring (bicyclic) bond motifs is 2. The molecule has 22 heavy (non-hydrogen) atoms. The summed E-state index contributed by atoms with van der Waals surface area (Å²) in [7, 11) is 0. The van der Waals surface area contributed by atoms with Gasteiger partial charge in [-0.05, 0) is 17.6 Å². The first kappa shape index (κ1) is 13.7. The number of benzene rings is 1. The molecule has 1 atom stereocenters. The fraction of sp³-hybridized carbons (Fsp3) is 0.389. The van der Waals surface area contributed by atoms with Crippen LogP contribution in [0.1, 0.15) is 12.0 Å². The van der Waals surface area contributed by atoms with Gasteiger partial charge in [0.05, 0.1) is 32.0 Å². The van der Waals surface area contributed by atoms with Crippen molar-refractivity contribution in [2.24, 2.45) is 5.41 Å². The van der Waals surface area contributed by atoms with Crippen LogP contribution in [0, 0.1) is 5.41 Å². The molecule has 2 saturated heterocycles. The van der Waals surface area contributed by atoms with Gasteiger partial charge in [0, 0.05) is 11.0 Å². The molecule has 1 aliphatic carbocycles. The standard InChI is InChI=1S/C18H18O4/c19-17-14-6-7-18(11-20-8-13-4-2-1-3-5-13)12-21-10-16(18)15(14)9-22-17/h1-6H,7-12H2. The van der Waals surface area contributed by atoms with Gasteiger partial charge in [-0.25, -0.2) is 4.79 Å². The van der Waals surface area contributed by atoms with E-state index in [1.807, 2.05) is 24.3 Å². The summed E-state index contributed by atoms with van der Waals surface area (Å²) in [5.41, 5.74) is 4.00. The summed E-state index contributed by atoms with van der Waals surface area (Å²) in [6.45, 7) is 2.82. The summed E-state index contributed by atoms with van der Waals surface area (Å²) in [4.78, 5) is 11.7. The van der Waals surface area contributed by atoms with Gasteiger partial charge in [-0.1, -0.05) is 36.4 Å². The Bertz CT molecular complexity index is 659. The second-order valence-electron chi connectivity index (χ2n) is 6.11. The van der Waals surface area contributed by atoms with Crippen LogP contribution in [0.15, 0.2) is 53.1 Å². The minimum Gasteiger partial charge on any atom is -0.457 e. The molecule has 3 aliphatic rings. The van der Waals surface area contributed by atoms with Crippen LogP contribution in [0.25, 0.3) is 0 Å². The van der Waals surface area contributed by atoms with Gasteiger partial charge in [0.15, 0.2) is 0 Å². The molecule has 0 spiro atoms. The van der Waals surface area contributed by atoms with Crippen LogP contribution in [-0.2, 0) is 25.6 Å². The molecule has 2 heterocycles. The molecule has 0 aromatic heterocycles. The number of carbonyl (C=O) groups excluding carboxylic acids is 1. The highest BCUT2D eigenvalue weighted by Crippen LogP contribution is 2.46. The highest BCUT2D eigenvalue weighted by atomic mass is 16.5. The van der Waals surface area contributed by atoms with Crippen LogP contribution in [0.5, 0.6) is 0 Å². The smallest absolute Gasteiger partial charge is 0.338 e. The number of carbonyl (C=O) groups is 1. The number of allylic oxidation sites excluding steroid dienone is 1. The summed E-state index contributed by atoms with van der Waals surface area (Å²) >= 11 is 0. The third-order valence-corrected chi connectivity index (χ3v) is 4.71. The van der Waals surface area contributed by atoms with Crippen LogP contribution in [0.3, 0.4) is 0 Å². The zero-order valence-electron chi connectivity index (χ0n) is 12.3. The predicted molar refractivity (Wildman–Crippen MR) is 80.0 cm³/mol. The molecule has 1 unspecified atom stereocenters. The first-order chi connectivity index (χ1) is 10.8. The molecule has 0 bridgehead atoms. The van der Waals surface area contributed by atoms with Crippen molar-refractivity contribution in [2.45, 2.75) is 13.0 Å². The monoisotopic (exact) mass is 298 g/mol. The topological polar surface area (TPSA) is 44.8 Å². The third kappa shape index (κ3) is 2.19. The zero-order valence-corrected chi connectivity index (χ0v) is 12.3. The molecule has 0 N–H and O–H groups in total. The van der Waals surface area contributed by atoms with Gasteiger partial charge in [0.1, 0.15) is 6.61 Å². The van der Waals surface area contributed by atoms with Gasteiger partial charge in [-0.2, -0.15) is 0 Å². The van der Waals surface area contributed by atoms with E-state index in [9.17, 15) is 4.79 Å². The van der Waals surface area contributed by atoms with Gasteiger partial charge in [0.25, 0.3) is 0 Å². The van der Waals surface area contributed by atoms with Crippen LogP contribution in [0.2, 0.25) is 0 Å². The second kappa shape index (κ2) is 5.38. The predicted octanol–water partition coefficient (Wildman–Crippen LogP) is 2.40. The van der Waals surface area contributed by atoms with Crippen molar-refractivity contribution in [3.63, 3.8) is 0 Å². The molecular formula is C18H18O4. The van der Waals surface area contributed by atoms with Crippen molar-refractivity contribution in [1.29, 1.82) is 0 Å². The Kier molecular flexibility index (Phi) is 3.36. The van der Waals surface area contributed by atoms with Crippen molar-refractivity contribution < 1.29 is 19.0 Å². The van der Waals surface area contributed by atoms with E-state index in [1.54, 1.807) is 0 Å². The van der Waals surface area contributed by atoms with Gasteiger partial charge in [-0.15, -0.1) is 0 Å². The maximum Gasteiger partial charge on any atom is 0.338 e. The van der Waals surface area contributed by atoms with Crippen LogP contribution in [-0.4, -0.2) is 32.4 Å². The Balaban J connectivity index is 1.50. The lowest BCUT2D eigenvalue weighted by molar-refractivity contribution is -0.135. The Morgan fingerprint density at radius 3 is 2.91 bits per heavy atom. The van der Waals surface area contributed by atoms with Crippen molar-refractivity contribution in [2.75, 3.05) is 26.4 Å². The summed E-state index contributed by atoms with van der Waals surface area (Å²) in [5.74, 6) is -0.201. The van der Waals surface area contributed by atoms with E-state index in [0.29, 0.717) is 33.0 Å². The van der Waals surface area contributed by atoms with Crippen molar-refractivity contribution >= 4 is 5.97 Å². The maximum absolute atomic E-state index is 11.7. The Hall–Kier alpha value is -1.91. The molecule has 4 nitrogen and oxygen atoms in total. The average molecular weight is 298 g/mol. The SMILES string of the molecule is O=C1OCC2=C3COCC3(COCc3ccccc3)CC=C12. The normalized spacial score (nSPS) is 26.5. The first-order valence-electron chi connectivity index (χ1n) is 7.58. The van der Waals surface area contributed by atoms with E-state index in [4.69, 9.17) is 14.2 Å². The molecule has 0 amide bonds. The molecule has 1 aromatic rings. The molecule has 4 heteroatoms. The summed E-state index contributed by atoms with van der Waals surface area (Å²) in [6, 6.07) is 10.1. The summed E-state index contributed by atoms with van der Waals surface area (Å²) in [5, 5.41) is 0. The highest BCUT2D eigenvalue weighted by Gasteiger charge is 2.46. The maximum atomic E-state index is 11.7. The highest BCUT2D eigenvalue weighted by molar-refractivity contribution is 5.97. The lowest BCUT2D eigenvalue weighted by Crippen LogP contribution is -2.32. The number of ether oxygens (including phenoxy) is 3. The second-order valence-corrected chi connectivity index (χ2v) is 6.11. The van der Waals surface area contributed by atoms with Gasteiger partial charge in [0.2, 0.25) is 0 Å². The van der Waals surface area contributed by atoms with E-state index in [0.717, 1.165) is 17.6 Å². The van der Waals surface area contributed by atoms with E-state index >= 15 is 0 Å². The molecule has 4 rings (SSSR count). The Morgan fingerprint density at radius 1 is 1.18 bits per heavy atom. The van der Waals surface area contributed by atoms with Gasteiger partial charge < -0.3 is 14.2 Å². The van der Waals surface area contributed by atoms with E-state index < -0.39 is 0 Å². The molecule has 1 aromatic carbocycles. The average Bonchev–Trinajstić information content (AvgIpc) is 3.12. The number of cyclic esters (lactones) is 1. The van der Waals surface area contributed by atoms with E-state index in [2.05, 4.69) is 12.1 Å². The fourth-order valence-corrected chi connectivity index (χ4v) is 3.47. The lowest BCUT2D eigenvalue weighted by Gasteiger charge is -2.31. The van der Waals surface area contributed by atoms with E-state index in [1.165, 1.54) is 11.1 Å². The molecule has 2 aliphatic heterocycles. The minimum atomic E-state index is -0.201. The van der Waals surface area contributed by atoms with Crippen LogP contribution >= 0.6 is 0 Å². The fourth-order valence-electron chi connectivity index (χ4n) is 3.47. The third-order valence-electron chi connectivity index (χ3n) is 4.71. The molecular weight excluding hydrogens is 280 g/mol. The number of rotatable bonds is 4. The van der Waals surface area contributed by atoms with Gasteiger partial charge in [-0.3, -0.25) is 0 Å². The molecule has 114 valence electrons. The van der Waals surface area contributed by atoms with Crippen molar-refractivity contribution in [3.05, 3.63) is 58.7 Å². The molecule has 0 radical (unpaired) electrons. The Labute approximate surface area is 129 Å². The Morgan fingerprint density at radius 2 is 2.05 bits per heavy atom. The van der Waals surface area contributed by atoms with Crippen molar-refractivity contribution in [3.8, 4) is 0 Å². The summed E-state index contributed by atoms with van der Waals surface area (Å²) < 4.78 is 16.8. The van der Waals surface area contributed by atoms with Gasteiger partial charge >= 0.3 is 5.97 Å². The number of hydrogen-bond acceptors (Lipinski definition) is 4. The zero-order chi connectivity index (χ0) is 15.0. The number of esters is 1. The number of hydrogen-bond donors (Lipinski definition) is 0. The molecule has 0 saturated carbocycles. The van der Waals surface area contributed by atoms with Crippen molar-refractivity contribution in [1.82, 2.24) is 0 Å². The summed E-state index contributed by atoms with van der Waals surface area (Å²) in [6.07, 6.45) is 2.78. The van der Waals surface area contributed by atoms with Crippen LogP contribution in [0.4, 0.5) is 0 Å². The largest absolute Gasteiger partial charge is 0.457 e. The lowest BCUT2D eigenvalue weighted by atomic mass is 9.73. The minimum absolute atomic E-state index is 0.123. The van der Waals surface area contributed by atoms with Crippen LogP contribution < -0.4 is 0 Å².